The van der Waals surface area contributed by atoms with Crippen LogP contribution < -0.4 is 19.9 Å². The largest absolute Gasteiger partial charge is 0.490 e. The van der Waals surface area contributed by atoms with Crippen molar-refractivity contribution >= 4 is 52.3 Å². The summed E-state index contributed by atoms with van der Waals surface area (Å²) in [6.07, 6.45) is 8.61. The highest BCUT2D eigenvalue weighted by Gasteiger charge is 2.33. The van der Waals surface area contributed by atoms with Crippen molar-refractivity contribution in [2.24, 2.45) is 11.8 Å². The van der Waals surface area contributed by atoms with E-state index >= 15 is 0 Å². The van der Waals surface area contributed by atoms with E-state index in [0.717, 1.165) is 95.8 Å². The van der Waals surface area contributed by atoms with Gasteiger partial charge in [0.2, 0.25) is 23.4 Å². The van der Waals surface area contributed by atoms with Gasteiger partial charge in [-0.3, -0.25) is 34.4 Å². The zero-order chi connectivity index (χ0) is 39.9. The third-order valence-electron chi connectivity index (χ3n) is 11.9. The molecule has 57 heavy (non-hydrogen) atoms. The third kappa shape index (κ3) is 10.3. The first-order valence-corrected chi connectivity index (χ1v) is 20.5. The first-order chi connectivity index (χ1) is 27.6. The van der Waals surface area contributed by atoms with Crippen molar-refractivity contribution in [1.82, 2.24) is 30.3 Å². The van der Waals surface area contributed by atoms with E-state index in [4.69, 9.17) is 22.9 Å². The van der Waals surface area contributed by atoms with Crippen molar-refractivity contribution in [2.75, 3.05) is 62.7 Å². The molecule has 1 unspecified atom stereocenters. The summed E-state index contributed by atoms with van der Waals surface area (Å²) in [5.74, 6) is 1.49. The molecule has 4 aliphatic rings. The number of carbonyl (C=O) groups excluding carboxylic acids is 4. The second-order valence-corrected chi connectivity index (χ2v) is 16.2. The lowest BCUT2D eigenvalue weighted by Crippen LogP contribution is -2.53. The number of ether oxygens (including phenoxy) is 1. The van der Waals surface area contributed by atoms with Crippen molar-refractivity contribution in [3.05, 3.63) is 76.5 Å². The van der Waals surface area contributed by atoms with Crippen molar-refractivity contribution in [2.45, 2.75) is 76.4 Å². The molecule has 14 nitrogen and oxygen atoms in total. The van der Waals surface area contributed by atoms with Gasteiger partial charge in [-0.25, -0.2) is 4.85 Å². The molecule has 3 aliphatic heterocycles. The second kappa shape index (κ2) is 18.4. The number of rotatable bonds is 12. The third-order valence-corrected chi connectivity index (χ3v) is 12.2. The number of amides is 3. The van der Waals surface area contributed by atoms with Crippen molar-refractivity contribution in [3.8, 4) is 5.75 Å². The molecular formula is C42H50ClN9O5. The lowest BCUT2D eigenvalue weighted by molar-refractivity contribution is -0.144. The van der Waals surface area contributed by atoms with E-state index in [1.807, 2.05) is 24.3 Å². The first-order valence-electron chi connectivity index (χ1n) is 20.1. The minimum absolute atomic E-state index is 0.0353. The molecule has 4 fully saturated rings. The van der Waals surface area contributed by atoms with Gasteiger partial charge in [0.15, 0.2) is 11.6 Å². The summed E-state index contributed by atoms with van der Waals surface area (Å²) in [6.45, 7) is 13.7. The summed E-state index contributed by atoms with van der Waals surface area (Å²) in [5, 5.41) is 11.5. The number of nitrogens with one attached hydrogen (secondary N) is 1. The fraction of sp³-hybridized carbons (Fsp3) is 0.524. The Morgan fingerprint density at radius 1 is 0.912 bits per heavy atom. The van der Waals surface area contributed by atoms with Crippen LogP contribution in [0.25, 0.3) is 4.85 Å². The average Bonchev–Trinajstić information content (AvgIpc) is 3.22. The minimum Gasteiger partial charge on any atom is -0.490 e. The van der Waals surface area contributed by atoms with Crippen LogP contribution in [0.4, 0.5) is 17.2 Å². The number of ketones is 1. The fourth-order valence-corrected chi connectivity index (χ4v) is 8.68. The number of benzene rings is 1. The summed E-state index contributed by atoms with van der Waals surface area (Å²) in [6, 6.07) is 12.2. The van der Waals surface area contributed by atoms with Gasteiger partial charge in [-0.1, -0.05) is 17.7 Å². The number of nitrogens with zero attached hydrogens (tertiary/aromatic N) is 8. The number of likely N-dealkylation sites (N-methyl/N-ethyl adjacent to an activating group) is 1. The number of halogens is 1. The van der Waals surface area contributed by atoms with E-state index in [2.05, 4.69) is 40.0 Å². The van der Waals surface area contributed by atoms with Gasteiger partial charge in [0.05, 0.1) is 29.8 Å². The molecule has 1 aromatic carbocycles. The number of aromatic nitrogens is 3. The normalized spacial score (nSPS) is 22.1. The van der Waals surface area contributed by atoms with E-state index in [0.29, 0.717) is 52.5 Å². The zero-order valence-corrected chi connectivity index (χ0v) is 33.2. The first kappa shape index (κ1) is 40.1. The molecule has 3 aromatic rings. The molecule has 300 valence electrons. The van der Waals surface area contributed by atoms with Crippen LogP contribution in [0.1, 0.15) is 74.0 Å². The lowest BCUT2D eigenvalue weighted by atomic mass is 9.84. The van der Waals surface area contributed by atoms with Gasteiger partial charge in [0, 0.05) is 77.6 Å². The summed E-state index contributed by atoms with van der Waals surface area (Å²) >= 11 is 6.17. The Hall–Kier alpha value is -5.13. The van der Waals surface area contributed by atoms with Crippen LogP contribution in [0.2, 0.25) is 5.02 Å². The molecule has 2 aromatic heterocycles. The molecule has 0 spiro atoms. The highest BCUT2D eigenvalue weighted by atomic mass is 35.5. The van der Waals surface area contributed by atoms with Crippen LogP contribution in [0.3, 0.4) is 0 Å². The van der Waals surface area contributed by atoms with Crippen LogP contribution in [0.15, 0.2) is 48.7 Å². The monoisotopic (exact) mass is 795 g/mol. The fourth-order valence-electron chi connectivity index (χ4n) is 8.47. The molecule has 3 saturated heterocycles. The Bertz CT molecular complexity index is 1970. The predicted octanol–water partition coefficient (Wildman–Crippen LogP) is 5.13. The number of Topliss-reactive ketones (excluding diaryl/α,β-unsaturated/α-hetero) is 1. The second-order valence-electron chi connectivity index (χ2n) is 15.8. The zero-order valence-electron chi connectivity index (χ0n) is 32.4. The maximum atomic E-state index is 13.1. The van der Waals surface area contributed by atoms with Crippen LogP contribution in [-0.4, -0.2) is 113 Å². The topological polar surface area (TPSA) is 146 Å². The number of carbonyl (C=O) groups is 4. The Balaban J connectivity index is 0.798. The van der Waals surface area contributed by atoms with E-state index in [1.54, 1.807) is 31.4 Å². The number of pyridine rings is 1. The molecule has 0 radical (unpaired) electrons. The predicted molar refractivity (Wildman–Crippen MR) is 216 cm³/mol. The molecular weight excluding hydrogens is 746 g/mol. The van der Waals surface area contributed by atoms with Crippen LogP contribution in [0, 0.1) is 18.4 Å². The maximum Gasteiger partial charge on any atom is 0.249 e. The number of piperazine rings is 1. The quantitative estimate of drug-likeness (QED) is 0.148. The Morgan fingerprint density at radius 2 is 1.68 bits per heavy atom. The van der Waals surface area contributed by atoms with Gasteiger partial charge in [0.25, 0.3) is 0 Å². The molecule has 1 saturated carbocycles. The van der Waals surface area contributed by atoms with Gasteiger partial charge >= 0.3 is 0 Å². The van der Waals surface area contributed by atoms with Gasteiger partial charge in [-0.15, -0.1) is 10.2 Å². The molecule has 0 bridgehead atoms. The SMILES string of the molecule is [C-]#[N+]c1ccc(OC2CCC(CC(=O)c3ccc(N4CCC(CN5CCN(c6ccnc(CC(=O)N(C)C7CCC(=O)NC7=O)c6)CC5)CC4)nn3)CC2)cc1Cl. The van der Waals surface area contributed by atoms with E-state index in [9.17, 15) is 19.2 Å². The minimum atomic E-state index is -0.642. The smallest absolute Gasteiger partial charge is 0.249 e. The number of imide groups is 1. The number of piperidine rings is 2. The van der Waals surface area contributed by atoms with Gasteiger partial charge < -0.3 is 19.4 Å². The average molecular weight is 796 g/mol. The van der Waals surface area contributed by atoms with E-state index < -0.39 is 11.9 Å². The van der Waals surface area contributed by atoms with Gasteiger partial charge in [0.1, 0.15) is 17.5 Å². The highest BCUT2D eigenvalue weighted by molar-refractivity contribution is 6.33. The standard InChI is InChI=1S/C42H50ClN9O5/c1-44-35-8-7-33(26-34(35)43)57-32-5-3-28(4-6-32)23-38(53)36-9-11-39(48-47-36)52-17-14-29(15-18-52)27-50-19-21-51(22-20-50)31-13-16-45-30(24-31)25-41(55)49(2)37-10-12-40(54)46-42(37)56/h7-9,11,13,16,24,26,28-29,32,37H,3-6,10,12,14-15,17-23,25,27H2,2H3,(H,46,54,56). The van der Waals surface area contributed by atoms with Crippen LogP contribution >= 0.6 is 11.6 Å². The Kier molecular flexibility index (Phi) is 13.0. The van der Waals surface area contributed by atoms with Gasteiger partial charge in [-0.2, -0.15) is 0 Å². The number of hydrogen-bond donors (Lipinski definition) is 1. The van der Waals surface area contributed by atoms with E-state index in [1.165, 1.54) is 4.90 Å². The van der Waals surface area contributed by atoms with Crippen molar-refractivity contribution in [1.29, 1.82) is 0 Å². The number of hydrogen-bond acceptors (Lipinski definition) is 11. The van der Waals surface area contributed by atoms with Crippen molar-refractivity contribution < 1.29 is 23.9 Å². The van der Waals surface area contributed by atoms with Gasteiger partial charge in [-0.05, 0) is 93.2 Å². The molecule has 3 amide bonds. The molecule has 15 heteroatoms. The Morgan fingerprint density at radius 3 is 2.37 bits per heavy atom. The maximum absolute atomic E-state index is 13.1. The van der Waals surface area contributed by atoms with E-state index in [-0.39, 0.29) is 36.5 Å². The van der Waals surface area contributed by atoms with Crippen LogP contribution in [0.5, 0.6) is 5.75 Å². The highest BCUT2D eigenvalue weighted by Crippen LogP contribution is 2.34. The molecule has 7 rings (SSSR count). The molecule has 1 N–H and O–H groups in total. The summed E-state index contributed by atoms with van der Waals surface area (Å²) < 4.78 is 6.11. The summed E-state index contributed by atoms with van der Waals surface area (Å²) in [7, 11) is 1.61. The lowest BCUT2D eigenvalue weighted by Gasteiger charge is -2.39. The van der Waals surface area contributed by atoms with Crippen molar-refractivity contribution in [3.63, 3.8) is 0 Å². The molecule has 1 aliphatic carbocycles. The Labute approximate surface area is 338 Å². The molecule has 1 atom stereocenters. The van der Waals surface area contributed by atoms with Crippen LogP contribution in [-0.2, 0) is 20.8 Å². The summed E-state index contributed by atoms with van der Waals surface area (Å²) in [4.78, 5) is 66.3. The number of anilines is 2. The molecule has 5 heterocycles. The summed E-state index contributed by atoms with van der Waals surface area (Å²) in [5.41, 5.74) is 2.54.